The van der Waals surface area contributed by atoms with Gasteiger partial charge in [-0.3, -0.25) is 9.10 Å². The number of carbonyl (C=O) groups excluding carboxylic acids is 1. The monoisotopic (exact) mass is 384 g/mol. The second-order valence-corrected chi connectivity index (χ2v) is 7.98. The Morgan fingerprint density at radius 2 is 2.20 bits per heavy atom. The Labute approximate surface area is 150 Å². The summed E-state index contributed by atoms with van der Waals surface area (Å²) in [6.07, 6.45) is 2.02. The van der Waals surface area contributed by atoms with Crippen LogP contribution < -0.4 is 14.4 Å². The Morgan fingerprint density at radius 1 is 1.40 bits per heavy atom. The molecule has 3 rings (SSSR count). The van der Waals surface area contributed by atoms with E-state index in [4.69, 9.17) is 20.8 Å². The number of furan rings is 1. The molecule has 9 heteroatoms. The lowest BCUT2D eigenvalue weighted by molar-refractivity contribution is -0.128. The first kappa shape index (κ1) is 17.6. The van der Waals surface area contributed by atoms with E-state index in [2.05, 4.69) is 5.32 Å². The molecule has 1 aromatic carbocycles. The first-order chi connectivity index (χ1) is 11.8. The smallest absolute Gasteiger partial charge is 0.261 e. The maximum atomic E-state index is 12.4. The van der Waals surface area contributed by atoms with Gasteiger partial charge >= 0.3 is 0 Å². The quantitative estimate of drug-likeness (QED) is 0.872. The summed E-state index contributed by atoms with van der Waals surface area (Å²) < 4.78 is 36.3. The summed E-state index contributed by atoms with van der Waals surface area (Å²) in [5, 5.41) is 3.11. The van der Waals surface area contributed by atoms with Gasteiger partial charge in [0.15, 0.2) is 6.10 Å². The van der Waals surface area contributed by atoms with Crippen LogP contribution in [0.1, 0.15) is 12.2 Å². The zero-order valence-electron chi connectivity index (χ0n) is 13.4. The molecule has 0 fully saturated rings. The van der Waals surface area contributed by atoms with Crippen molar-refractivity contribution in [1.29, 1.82) is 0 Å². The van der Waals surface area contributed by atoms with Gasteiger partial charge in [0.05, 0.1) is 24.8 Å². The van der Waals surface area contributed by atoms with Crippen LogP contribution in [-0.4, -0.2) is 33.2 Å². The summed E-state index contributed by atoms with van der Waals surface area (Å²) in [6, 6.07) is 8.14. The van der Waals surface area contributed by atoms with Crippen LogP contribution in [0.5, 0.6) is 5.75 Å². The molecule has 2 aromatic rings. The van der Waals surface area contributed by atoms with Crippen molar-refractivity contribution in [2.45, 2.75) is 19.1 Å². The highest BCUT2D eigenvalue weighted by Crippen LogP contribution is 2.36. The Bertz CT molecular complexity index is 867. The molecule has 134 valence electrons. The van der Waals surface area contributed by atoms with Crippen LogP contribution in [0.4, 0.5) is 5.69 Å². The number of benzene rings is 1. The topological polar surface area (TPSA) is 88.9 Å². The standard InChI is InChI=1S/C16H17ClN2O5S/c1-25(21,22)19-7-6-15(16(20)18-10-12-3-2-8-23-12)24-14-5-4-11(17)9-13(14)19/h2-5,8-9,15H,6-7,10H2,1H3,(H,18,20). The fourth-order valence-electron chi connectivity index (χ4n) is 2.58. The number of nitrogens with one attached hydrogen (secondary N) is 1. The van der Waals surface area contributed by atoms with Crippen molar-refractivity contribution in [2.75, 3.05) is 17.1 Å². The van der Waals surface area contributed by atoms with Crippen LogP contribution in [0.3, 0.4) is 0 Å². The Morgan fingerprint density at radius 3 is 2.88 bits per heavy atom. The lowest BCUT2D eigenvalue weighted by Crippen LogP contribution is -2.39. The van der Waals surface area contributed by atoms with Gasteiger partial charge in [0.2, 0.25) is 10.0 Å². The molecule has 1 aliphatic heterocycles. The number of hydrogen-bond acceptors (Lipinski definition) is 5. The molecular formula is C16H17ClN2O5S. The highest BCUT2D eigenvalue weighted by Gasteiger charge is 2.31. The van der Waals surface area contributed by atoms with Gasteiger partial charge in [-0.05, 0) is 30.3 Å². The first-order valence-corrected chi connectivity index (χ1v) is 9.81. The zero-order chi connectivity index (χ0) is 18.0. The van der Waals surface area contributed by atoms with E-state index in [0.717, 1.165) is 6.26 Å². The van der Waals surface area contributed by atoms with E-state index in [0.29, 0.717) is 22.2 Å². The maximum absolute atomic E-state index is 12.4. The minimum atomic E-state index is -3.53. The van der Waals surface area contributed by atoms with Crippen molar-refractivity contribution >= 4 is 33.2 Å². The number of nitrogens with zero attached hydrogens (tertiary/aromatic N) is 1. The van der Waals surface area contributed by atoms with Crippen LogP contribution in [-0.2, 0) is 21.4 Å². The molecule has 1 unspecified atom stereocenters. The fourth-order valence-corrected chi connectivity index (χ4v) is 3.69. The molecule has 1 aliphatic rings. The highest BCUT2D eigenvalue weighted by molar-refractivity contribution is 7.92. The zero-order valence-corrected chi connectivity index (χ0v) is 15.0. The molecule has 1 N–H and O–H groups in total. The summed E-state index contributed by atoms with van der Waals surface area (Å²) in [5.74, 6) is 0.574. The molecule has 0 spiro atoms. The van der Waals surface area contributed by atoms with Crippen LogP contribution in [0.25, 0.3) is 0 Å². The van der Waals surface area contributed by atoms with Gasteiger partial charge in [-0.1, -0.05) is 11.6 Å². The molecule has 2 heterocycles. The van der Waals surface area contributed by atoms with Crippen LogP contribution >= 0.6 is 11.6 Å². The first-order valence-electron chi connectivity index (χ1n) is 7.58. The summed E-state index contributed by atoms with van der Waals surface area (Å²) in [5.41, 5.74) is 0.330. The summed E-state index contributed by atoms with van der Waals surface area (Å²) in [4.78, 5) is 12.4. The lowest BCUT2D eigenvalue weighted by atomic mass is 10.2. The van der Waals surface area contributed by atoms with Gasteiger partial charge in [0.1, 0.15) is 11.5 Å². The number of carbonyl (C=O) groups is 1. The van der Waals surface area contributed by atoms with Crippen molar-refractivity contribution in [1.82, 2.24) is 5.32 Å². The van der Waals surface area contributed by atoms with E-state index < -0.39 is 16.1 Å². The number of sulfonamides is 1. The van der Waals surface area contributed by atoms with E-state index in [9.17, 15) is 13.2 Å². The van der Waals surface area contributed by atoms with E-state index in [1.165, 1.54) is 16.6 Å². The molecule has 0 bridgehead atoms. The van der Waals surface area contributed by atoms with Gasteiger partial charge in [-0.15, -0.1) is 0 Å². The van der Waals surface area contributed by atoms with Crippen molar-refractivity contribution in [3.63, 3.8) is 0 Å². The van der Waals surface area contributed by atoms with Crippen LogP contribution in [0, 0.1) is 0 Å². The molecule has 0 aliphatic carbocycles. The second-order valence-electron chi connectivity index (χ2n) is 5.64. The van der Waals surface area contributed by atoms with Crippen molar-refractivity contribution in [3.05, 3.63) is 47.4 Å². The van der Waals surface area contributed by atoms with E-state index >= 15 is 0 Å². The summed E-state index contributed by atoms with van der Waals surface area (Å²) in [7, 11) is -3.53. The number of anilines is 1. The van der Waals surface area contributed by atoms with Gasteiger partial charge < -0.3 is 14.5 Å². The van der Waals surface area contributed by atoms with Gasteiger partial charge in [-0.25, -0.2) is 8.42 Å². The molecule has 25 heavy (non-hydrogen) atoms. The molecule has 1 aromatic heterocycles. The van der Waals surface area contributed by atoms with E-state index in [-0.39, 0.29) is 25.4 Å². The maximum Gasteiger partial charge on any atom is 0.261 e. The Hall–Kier alpha value is -2.19. The Balaban J connectivity index is 1.81. The molecular weight excluding hydrogens is 368 g/mol. The van der Waals surface area contributed by atoms with Crippen molar-refractivity contribution in [3.8, 4) is 5.75 Å². The minimum Gasteiger partial charge on any atom is -0.478 e. The molecule has 1 amide bonds. The normalized spacial score (nSPS) is 17.4. The fraction of sp³-hybridized carbons (Fsp3) is 0.312. The molecule has 0 saturated carbocycles. The van der Waals surface area contributed by atoms with Crippen LogP contribution in [0.2, 0.25) is 5.02 Å². The molecule has 1 atom stereocenters. The number of amides is 1. The van der Waals surface area contributed by atoms with Gasteiger partial charge in [-0.2, -0.15) is 0 Å². The number of fused-ring (bicyclic) bond motifs is 1. The van der Waals surface area contributed by atoms with E-state index in [1.807, 2.05) is 0 Å². The number of hydrogen-bond donors (Lipinski definition) is 1. The van der Waals surface area contributed by atoms with Crippen molar-refractivity contribution < 1.29 is 22.4 Å². The second kappa shape index (κ2) is 6.97. The van der Waals surface area contributed by atoms with Crippen LogP contribution in [0.15, 0.2) is 41.0 Å². The Kier molecular flexibility index (Phi) is 4.91. The highest BCUT2D eigenvalue weighted by atomic mass is 35.5. The van der Waals surface area contributed by atoms with Gasteiger partial charge in [0, 0.05) is 18.0 Å². The third kappa shape index (κ3) is 4.08. The average Bonchev–Trinajstić information content (AvgIpc) is 2.98. The third-order valence-electron chi connectivity index (χ3n) is 3.76. The predicted molar refractivity (Wildman–Crippen MR) is 93.2 cm³/mol. The number of rotatable bonds is 4. The molecule has 7 nitrogen and oxygen atoms in total. The van der Waals surface area contributed by atoms with E-state index in [1.54, 1.807) is 24.3 Å². The number of halogens is 1. The van der Waals surface area contributed by atoms with Gasteiger partial charge in [0.25, 0.3) is 5.91 Å². The van der Waals surface area contributed by atoms with Crippen molar-refractivity contribution in [2.24, 2.45) is 0 Å². The minimum absolute atomic E-state index is 0.116. The molecule has 0 saturated heterocycles. The molecule has 0 radical (unpaired) electrons. The summed E-state index contributed by atoms with van der Waals surface area (Å²) >= 11 is 5.98. The third-order valence-corrected chi connectivity index (χ3v) is 5.18. The lowest BCUT2D eigenvalue weighted by Gasteiger charge is -2.21. The SMILES string of the molecule is CS(=O)(=O)N1CCC(C(=O)NCc2ccco2)Oc2ccc(Cl)cc21. The number of ether oxygens (including phenoxy) is 1. The average molecular weight is 385 g/mol. The predicted octanol–water partition coefficient (Wildman–Crippen LogP) is 2.17. The summed E-state index contributed by atoms with van der Waals surface area (Å²) in [6.45, 7) is 0.347. The largest absolute Gasteiger partial charge is 0.478 e.